The molecule has 0 radical (unpaired) electrons. The van der Waals surface area contributed by atoms with Crippen LogP contribution >= 0.6 is 0 Å². The Labute approximate surface area is 118 Å². The van der Waals surface area contributed by atoms with Crippen LogP contribution in [0.4, 0.5) is 11.5 Å². The Morgan fingerprint density at radius 1 is 1.24 bits per heavy atom. The standard InChI is InChI=1S/C14H11N5O2/c15-12(20)11-13(17-7-18-14(11)21)19-9-5-8-3-1-2-4-10(8)16-6-9/h1-7H,(H2,15,20)(H2,17,18,19,21). The summed E-state index contributed by atoms with van der Waals surface area (Å²) in [6.07, 6.45) is 2.79. The van der Waals surface area contributed by atoms with E-state index in [9.17, 15) is 9.59 Å². The fourth-order valence-electron chi connectivity index (χ4n) is 2.00. The highest BCUT2D eigenvalue weighted by atomic mass is 16.2. The second-order valence-corrected chi connectivity index (χ2v) is 4.36. The maximum Gasteiger partial charge on any atom is 0.265 e. The number of rotatable bonds is 3. The summed E-state index contributed by atoms with van der Waals surface area (Å²) in [6.45, 7) is 0. The number of hydrogen-bond donors (Lipinski definition) is 3. The van der Waals surface area contributed by atoms with E-state index in [0.717, 1.165) is 10.9 Å². The number of carbonyl (C=O) groups is 1. The molecule has 7 nitrogen and oxygen atoms in total. The monoisotopic (exact) mass is 281 g/mol. The molecule has 0 saturated heterocycles. The van der Waals surface area contributed by atoms with Crippen LogP contribution in [0.3, 0.4) is 0 Å². The van der Waals surface area contributed by atoms with Crippen LogP contribution in [0.15, 0.2) is 47.7 Å². The van der Waals surface area contributed by atoms with Crippen LogP contribution in [0, 0.1) is 0 Å². The summed E-state index contributed by atoms with van der Waals surface area (Å²) in [6, 6.07) is 9.43. The number of hydrogen-bond acceptors (Lipinski definition) is 5. The first kappa shape index (κ1) is 12.8. The topological polar surface area (TPSA) is 114 Å². The molecule has 3 rings (SSSR count). The van der Waals surface area contributed by atoms with Gasteiger partial charge in [0.25, 0.3) is 11.5 Å². The van der Waals surface area contributed by atoms with Gasteiger partial charge in [-0.25, -0.2) is 4.98 Å². The van der Waals surface area contributed by atoms with Crippen molar-refractivity contribution < 1.29 is 4.79 Å². The number of H-pyrrole nitrogens is 1. The van der Waals surface area contributed by atoms with E-state index in [1.165, 1.54) is 6.33 Å². The van der Waals surface area contributed by atoms with Gasteiger partial charge in [-0.1, -0.05) is 18.2 Å². The van der Waals surface area contributed by atoms with Crippen molar-refractivity contribution in [1.29, 1.82) is 0 Å². The number of primary amides is 1. The Kier molecular flexibility index (Phi) is 3.07. The minimum absolute atomic E-state index is 0.100. The lowest BCUT2D eigenvalue weighted by atomic mass is 10.2. The highest BCUT2D eigenvalue weighted by molar-refractivity contribution is 5.98. The van der Waals surface area contributed by atoms with Crippen molar-refractivity contribution in [2.24, 2.45) is 5.73 Å². The fraction of sp³-hybridized carbons (Fsp3) is 0. The van der Waals surface area contributed by atoms with Crippen LogP contribution in [0.5, 0.6) is 0 Å². The largest absolute Gasteiger partial charge is 0.365 e. The summed E-state index contributed by atoms with van der Waals surface area (Å²) in [5.41, 5.74) is 5.85. The first-order valence-corrected chi connectivity index (χ1v) is 6.14. The summed E-state index contributed by atoms with van der Waals surface area (Å²) in [7, 11) is 0. The normalized spacial score (nSPS) is 10.5. The highest BCUT2D eigenvalue weighted by Gasteiger charge is 2.14. The summed E-state index contributed by atoms with van der Waals surface area (Å²) in [5, 5.41) is 3.82. The molecule has 104 valence electrons. The first-order valence-electron chi connectivity index (χ1n) is 6.14. The van der Waals surface area contributed by atoms with Gasteiger partial charge in [0.05, 0.1) is 23.7 Å². The Morgan fingerprint density at radius 3 is 2.86 bits per heavy atom. The summed E-state index contributed by atoms with van der Waals surface area (Å²) in [4.78, 5) is 33.5. The minimum Gasteiger partial charge on any atom is -0.365 e. The number of anilines is 2. The van der Waals surface area contributed by atoms with Gasteiger partial charge in [0, 0.05) is 5.39 Å². The van der Waals surface area contributed by atoms with Crippen LogP contribution in [-0.2, 0) is 0 Å². The number of aromatic nitrogens is 3. The van der Waals surface area contributed by atoms with E-state index >= 15 is 0 Å². The van der Waals surface area contributed by atoms with Gasteiger partial charge >= 0.3 is 0 Å². The van der Waals surface area contributed by atoms with Gasteiger partial charge in [-0.15, -0.1) is 0 Å². The third-order valence-electron chi connectivity index (χ3n) is 2.95. The van der Waals surface area contributed by atoms with Crippen LogP contribution in [-0.4, -0.2) is 20.9 Å². The number of fused-ring (bicyclic) bond motifs is 1. The number of nitrogens with one attached hydrogen (secondary N) is 2. The Hall–Kier alpha value is -3.22. The molecule has 0 bridgehead atoms. The van der Waals surface area contributed by atoms with Gasteiger partial charge in [-0.05, 0) is 12.1 Å². The molecular weight excluding hydrogens is 270 g/mol. The number of aromatic amines is 1. The van der Waals surface area contributed by atoms with E-state index in [1.807, 2.05) is 30.3 Å². The molecule has 0 fully saturated rings. The number of pyridine rings is 1. The third kappa shape index (κ3) is 2.44. The van der Waals surface area contributed by atoms with Gasteiger partial charge < -0.3 is 16.0 Å². The van der Waals surface area contributed by atoms with E-state index in [2.05, 4.69) is 20.3 Å². The van der Waals surface area contributed by atoms with Gasteiger partial charge in [0.15, 0.2) is 5.82 Å². The maximum absolute atomic E-state index is 11.6. The van der Waals surface area contributed by atoms with Crippen molar-refractivity contribution in [3.05, 3.63) is 58.8 Å². The molecule has 21 heavy (non-hydrogen) atoms. The third-order valence-corrected chi connectivity index (χ3v) is 2.95. The van der Waals surface area contributed by atoms with Crippen LogP contribution in [0.2, 0.25) is 0 Å². The average molecular weight is 281 g/mol. The Balaban J connectivity index is 2.04. The van der Waals surface area contributed by atoms with Gasteiger partial charge in [-0.3, -0.25) is 14.6 Å². The van der Waals surface area contributed by atoms with Crippen molar-refractivity contribution in [1.82, 2.24) is 15.0 Å². The van der Waals surface area contributed by atoms with E-state index < -0.39 is 11.5 Å². The average Bonchev–Trinajstić information content (AvgIpc) is 2.47. The second kappa shape index (κ2) is 5.04. The molecule has 0 saturated carbocycles. The fourth-order valence-corrected chi connectivity index (χ4v) is 2.00. The quantitative estimate of drug-likeness (QED) is 0.666. The maximum atomic E-state index is 11.6. The molecule has 0 aliphatic heterocycles. The molecule has 0 atom stereocenters. The van der Waals surface area contributed by atoms with Crippen molar-refractivity contribution in [3.63, 3.8) is 0 Å². The molecule has 2 aromatic heterocycles. The minimum atomic E-state index is -0.847. The summed E-state index contributed by atoms with van der Waals surface area (Å²) in [5.74, 6) is -0.746. The lowest BCUT2D eigenvalue weighted by Crippen LogP contribution is -2.25. The number of carbonyl (C=O) groups excluding carboxylic acids is 1. The smallest absolute Gasteiger partial charge is 0.265 e. The number of benzene rings is 1. The van der Waals surface area contributed by atoms with Crippen LogP contribution in [0.25, 0.3) is 10.9 Å². The zero-order chi connectivity index (χ0) is 14.8. The van der Waals surface area contributed by atoms with Crippen LogP contribution in [0.1, 0.15) is 10.4 Å². The van der Waals surface area contributed by atoms with E-state index in [1.54, 1.807) is 6.20 Å². The molecule has 0 aliphatic rings. The van der Waals surface area contributed by atoms with Crippen molar-refractivity contribution >= 4 is 28.3 Å². The van der Waals surface area contributed by atoms with Crippen LogP contribution < -0.4 is 16.6 Å². The number of amides is 1. The molecule has 4 N–H and O–H groups in total. The number of para-hydroxylation sites is 1. The van der Waals surface area contributed by atoms with Gasteiger partial charge in [-0.2, -0.15) is 0 Å². The highest BCUT2D eigenvalue weighted by Crippen LogP contribution is 2.19. The Bertz CT molecular complexity index is 888. The lowest BCUT2D eigenvalue weighted by molar-refractivity contribution is 0.0999. The molecular formula is C14H11N5O2. The predicted molar refractivity (Wildman–Crippen MR) is 78.4 cm³/mol. The van der Waals surface area contributed by atoms with E-state index in [-0.39, 0.29) is 11.4 Å². The molecule has 3 aromatic rings. The second-order valence-electron chi connectivity index (χ2n) is 4.36. The molecule has 0 aliphatic carbocycles. The van der Waals surface area contributed by atoms with Crippen molar-refractivity contribution in [2.45, 2.75) is 0 Å². The molecule has 0 spiro atoms. The molecule has 0 unspecified atom stereocenters. The van der Waals surface area contributed by atoms with Crippen molar-refractivity contribution in [2.75, 3.05) is 5.32 Å². The lowest BCUT2D eigenvalue weighted by Gasteiger charge is -2.08. The summed E-state index contributed by atoms with van der Waals surface area (Å²) < 4.78 is 0. The molecule has 7 heteroatoms. The van der Waals surface area contributed by atoms with E-state index in [0.29, 0.717) is 5.69 Å². The van der Waals surface area contributed by atoms with Crippen molar-refractivity contribution in [3.8, 4) is 0 Å². The zero-order valence-electron chi connectivity index (χ0n) is 10.8. The summed E-state index contributed by atoms with van der Waals surface area (Å²) >= 11 is 0. The first-order chi connectivity index (χ1) is 10.1. The SMILES string of the molecule is NC(=O)c1c(Nc2cnc3ccccc3c2)nc[nH]c1=O. The van der Waals surface area contributed by atoms with Gasteiger partial charge in [0.1, 0.15) is 5.56 Å². The molecule has 2 heterocycles. The zero-order valence-corrected chi connectivity index (χ0v) is 10.8. The Morgan fingerprint density at radius 2 is 2.05 bits per heavy atom. The number of nitrogens with two attached hydrogens (primary N) is 1. The molecule has 1 aromatic carbocycles. The van der Waals surface area contributed by atoms with Gasteiger partial charge in [0.2, 0.25) is 0 Å². The van der Waals surface area contributed by atoms with E-state index in [4.69, 9.17) is 5.73 Å². The number of nitrogens with zero attached hydrogens (tertiary/aromatic N) is 2. The predicted octanol–water partition coefficient (Wildman–Crippen LogP) is 1.16. The molecule has 1 amide bonds.